The third kappa shape index (κ3) is 5.49. The van der Waals surface area contributed by atoms with E-state index in [1.54, 1.807) is 18.2 Å². The highest BCUT2D eigenvalue weighted by Crippen LogP contribution is 2.36. The Morgan fingerprint density at radius 2 is 1.65 bits per heavy atom. The minimum absolute atomic E-state index is 0.107. The molecule has 0 radical (unpaired) electrons. The molecule has 2 aromatic heterocycles. The van der Waals surface area contributed by atoms with Crippen LogP contribution in [0.2, 0.25) is 0 Å². The minimum atomic E-state index is -5.34. The van der Waals surface area contributed by atoms with Crippen LogP contribution >= 0.6 is 0 Å². The Labute approximate surface area is 203 Å². The monoisotopic (exact) mass is 531 g/mol. The van der Waals surface area contributed by atoms with Crippen molar-refractivity contribution in [3.8, 4) is 5.75 Å². The van der Waals surface area contributed by atoms with Gasteiger partial charge in [0.05, 0.1) is 11.6 Å². The Morgan fingerprint density at radius 3 is 2.24 bits per heavy atom. The van der Waals surface area contributed by atoms with Crippen molar-refractivity contribution < 1.29 is 40.3 Å². The van der Waals surface area contributed by atoms with E-state index in [-0.39, 0.29) is 24.8 Å². The van der Waals surface area contributed by atoms with Gasteiger partial charge in [-0.25, -0.2) is 19.2 Å². The van der Waals surface area contributed by atoms with Crippen LogP contribution in [0.3, 0.4) is 0 Å². The van der Waals surface area contributed by atoms with Crippen molar-refractivity contribution in [2.75, 3.05) is 24.5 Å². The van der Waals surface area contributed by atoms with Gasteiger partial charge in [-0.05, 0) is 12.1 Å². The van der Waals surface area contributed by atoms with Crippen molar-refractivity contribution in [1.82, 2.24) is 19.9 Å². The van der Waals surface area contributed by atoms with E-state index in [1.807, 2.05) is 4.98 Å². The number of anilines is 1. The maximum Gasteiger partial charge on any atom is 0.424 e. The van der Waals surface area contributed by atoms with E-state index in [2.05, 4.69) is 9.97 Å². The van der Waals surface area contributed by atoms with Gasteiger partial charge < -0.3 is 19.5 Å². The number of hydrogen-bond acceptors (Lipinski definition) is 6. The van der Waals surface area contributed by atoms with Crippen molar-refractivity contribution in [1.29, 1.82) is 0 Å². The molecular weight excluding hydrogens is 515 g/mol. The Morgan fingerprint density at radius 1 is 1.00 bits per heavy atom. The number of carbonyl (C=O) groups excluding carboxylic acids is 1. The maximum absolute atomic E-state index is 15.1. The third-order valence-corrected chi connectivity index (χ3v) is 5.51. The highest BCUT2D eigenvalue weighted by molar-refractivity contribution is 5.71. The van der Waals surface area contributed by atoms with E-state index in [4.69, 9.17) is 4.74 Å². The topological polar surface area (TPSA) is 91.4 Å². The van der Waals surface area contributed by atoms with Gasteiger partial charge in [0.25, 0.3) is 5.56 Å². The molecule has 196 valence electrons. The highest BCUT2D eigenvalue weighted by atomic mass is 19.4. The van der Waals surface area contributed by atoms with E-state index in [1.165, 1.54) is 12.1 Å². The van der Waals surface area contributed by atoms with Crippen molar-refractivity contribution >= 4 is 12.0 Å². The molecule has 1 saturated heterocycles. The highest BCUT2D eigenvalue weighted by Gasteiger charge is 2.42. The molecule has 8 nitrogen and oxygen atoms in total. The second-order valence-electron chi connectivity index (χ2n) is 7.87. The number of benzene rings is 1. The van der Waals surface area contributed by atoms with Crippen molar-refractivity contribution in [3.05, 3.63) is 81.8 Å². The number of ether oxygens (including phenoxy) is 1. The summed E-state index contributed by atoms with van der Waals surface area (Å²) in [4.78, 5) is 35.8. The molecule has 0 spiro atoms. The van der Waals surface area contributed by atoms with Crippen LogP contribution in [0, 0.1) is 5.82 Å². The number of piperazine rings is 1. The summed E-state index contributed by atoms with van der Waals surface area (Å²) in [5.74, 6) is -2.07. The van der Waals surface area contributed by atoms with Crippen LogP contribution in [0.1, 0.15) is 22.7 Å². The van der Waals surface area contributed by atoms with Crippen LogP contribution in [-0.4, -0.2) is 45.6 Å². The lowest BCUT2D eigenvalue weighted by atomic mass is 10.0. The number of alkyl halides is 6. The average molecular weight is 531 g/mol. The quantitative estimate of drug-likeness (QED) is 0.504. The summed E-state index contributed by atoms with van der Waals surface area (Å²) in [7, 11) is 0. The SMILES string of the molecule is O=C(Oc1ccccc1)N1CCN(c2ncc(C(F)(F)F)cn2)C(c2c[nH]c(=O)c(C(F)(F)F)c2F)C1. The predicted molar refractivity (Wildman–Crippen MR) is 113 cm³/mol. The lowest BCUT2D eigenvalue weighted by molar-refractivity contribution is -0.141. The number of rotatable bonds is 3. The zero-order valence-corrected chi connectivity index (χ0v) is 18.5. The predicted octanol–water partition coefficient (Wildman–Crippen LogP) is 4.40. The number of nitrogens with zero attached hydrogens (tertiary/aromatic N) is 4. The normalized spacial score (nSPS) is 16.6. The first-order chi connectivity index (χ1) is 17.4. The van der Waals surface area contributed by atoms with Crippen LogP contribution in [0.15, 0.2) is 53.7 Å². The van der Waals surface area contributed by atoms with Crippen LogP contribution in [0.5, 0.6) is 5.75 Å². The Balaban J connectivity index is 1.72. The molecule has 4 rings (SSSR count). The molecule has 1 aliphatic heterocycles. The lowest BCUT2D eigenvalue weighted by Crippen LogP contribution is -2.52. The minimum Gasteiger partial charge on any atom is -0.410 e. The second-order valence-corrected chi connectivity index (χ2v) is 7.87. The number of amides is 1. The number of carbonyl (C=O) groups is 1. The zero-order chi connectivity index (χ0) is 27.0. The second kappa shape index (κ2) is 9.71. The molecule has 1 amide bonds. The number of para-hydroxylation sites is 1. The van der Waals surface area contributed by atoms with Gasteiger partial charge in [-0.1, -0.05) is 18.2 Å². The van der Waals surface area contributed by atoms with Gasteiger partial charge in [-0.2, -0.15) is 26.3 Å². The fraction of sp³-hybridized carbons (Fsp3) is 0.273. The largest absolute Gasteiger partial charge is 0.424 e. The van der Waals surface area contributed by atoms with E-state index >= 15 is 4.39 Å². The van der Waals surface area contributed by atoms with Gasteiger partial charge in [0.1, 0.15) is 11.6 Å². The smallest absolute Gasteiger partial charge is 0.410 e. The third-order valence-electron chi connectivity index (χ3n) is 5.51. The number of halogens is 7. The molecule has 1 fully saturated rings. The molecule has 0 bridgehead atoms. The molecular formula is C22H16F7N5O3. The van der Waals surface area contributed by atoms with Crippen LogP contribution in [0.25, 0.3) is 0 Å². The Kier molecular flexibility index (Phi) is 6.80. The summed E-state index contributed by atoms with van der Waals surface area (Å²) in [6.07, 6.45) is -9.33. The van der Waals surface area contributed by atoms with Gasteiger partial charge in [0.2, 0.25) is 5.95 Å². The lowest BCUT2D eigenvalue weighted by Gasteiger charge is -2.41. The molecule has 1 atom stereocenters. The molecule has 1 aliphatic rings. The van der Waals surface area contributed by atoms with Crippen LogP contribution < -0.4 is 15.2 Å². The molecule has 3 aromatic rings. The summed E-state index contributed by atoms with van der Waals surface area (Å²) in [6.45, 7) is -0.778. The van der Waals surface area contributed by atoms with Gasteiger partial charge >= 0.3 is 18.4 Å². The van der Waals surface area contributed by atoms with Crippen LogP contribution in [0.4, 0.5) is 41.5 Å². The summed E-state index contributed by atoms with van der Waals surface area (Å²) in [5, 5.41) is 0. The van der Waals surface area contributed by atoms with Crippen molar-refractivity contribution in [2.45, 2.75) is 18.4 Å². The first-order valence-electron chi connectivity index (χ1n) is 10.5. The van der Waals surface area contributed by atoms with Gasteiger partial charge in [-0.15, -0.1) is 0 Å². The number of H-pyrrole nitrogens is 1. The molecule has 3 heterocycles. The summed E-state index contributed by atoms with van der Waals surface area (Å²) >= 11 is 0. The van der Waals surface area contributed by atoms with Crippen LogP contribution in [-0.2, 0) is 12.4 Å². The first kappa shape index (κ1) is 25.9. The molecule has 1 N–H and O–H groups in total. The van der Waals surface area contributed by atoms with Gasteiger partial charge in [0.15, 0.2) is 5.56 Å². The van der Waals surface area contributed by atoms with E-state index in [0.29, 0.717) is 18.6 Å². The summed E-state index contributed by atoms with van der Waals surface area (Å²) in [5.41, 5.74) is -5.65. The average Bonchev–Trinajstić information content (AvgIpc) is 2.83. The maximum atomic E-state index is 15.1. The Hall–Kier alpha value is -4.17. The fourth-order valence-corrected chi connectivity index (χ4v) is 3.74. The number of nitrogens with one attached hydrogen (secondary N) is 1. The van der Waals surface area contributed by atoms with Crippen molar-refractivity contribution in [2.24, 2.45) is 0 Å². The molecule has 1 aromatic carbocycles. The number of hydrogen-bond donors (Lipinski definition) is 1. The van der Waals surface area contributed by atoms with Gasteiger partial charge in [-0.3, -0.25) is 4.79 Å². The molecule has 0 saturated carbocycles. The molecule has 37 heavy (non-hydrogen) atoms. The standard InChI is InChI=1S/C22H16F7N5O3/c23-17-14(10-30-18(35)16(17)22(27,28)29)15-11-33(20(36)37-13-4-2-1-3-5-13)6-7-34(15)19-31-8-12(9-32-19)21(24,25)26/h1-5,8-10,15H,6-7,11H2,(H,30,35). The summed E-state index contributed by atoms with van der Waals surface area (Å²) < 4.78 is 99.3. The fourth-order valence-electron chi connectivity index (χ4n) is 3.74. The number of pyridine rings is 1. The molecule has 15 heteroatoms. The number of aromatic nitrogens is 3. The van der Waals surface area contributed by atoms with Gasteiger partial charge in [0, 0.05) is 43.8 Å². The first-order valence-corrected chi connectivity index (χ1v) is 10.5. The molecule has 1 unspecified atom stereocenters. The summed E-state index contributed by atoms with van der Waals surface area (Å²) in [6, 6.07) is 6.41. The van der Waals surface area contributed by atoms with Crippen molar-refractivity contribution in [3.63, 3.8) is 0 Å². The molecule has 0 aliphatic carbocycles. The van der Waals surface area contributed by atoms with E-state index < -0.39 is 59.1 Å². The number of aromatic amines is 1. The zero-order valence-electron chi connectivity index (χ0n) is 18.5. The Bertz CT molecular complexity index is 1330. The van der Waals surface area contributed by atoms with E-state index in [9.17, 15) is 35.9 Å². The van der Waals surface area contributed by atoms with E-state index in [0.717, 1.165) is 9.80 Å².